The molecule has 0 N–H and O–H groups in total. The molecule has 0 saturated heterocycles. The molecule has 24 heavy (non-hydrogen) atoms. The number of rotatable bonds is 4. The van der Waals surface area contributed by atoms with Crippen LogP contribution in [0.15, 0.2) is 36.5 Å². The Morgan fingerprint density at radius 2 is 1.79 bits per heavy atom. The Hall–Kier alpha value is -2.61. The molecule has 1 aromatic carbocycles. The van der Waals surface area contributed by atoms with E-state index >= 15 is 0 Å². The maximum atomic E-state index is 13.9. The van der Waals surface area contributed by atoms with Crippen molar-refractivity contribution < 1.29 is 17.9 Å². The van der Waals surface area contributed by atoms with Gasteiger partial charge in [-0.05, 0) is 18.2 Å². The van der Waals surface area contributed by atoms with Crippen molar-refractivity contribution in [2.24, 2.45) is 7.05 Å². The van der Waals surface area contributed by atoms with E-state index in [0.717, 1.165) is 0 Å². The average molecular weight is 355 g/mol. The summed E-state index contributed by atoms with van der Waals surface area (Å²) >= 11 is 5.88. The van der Waals surface area contributed by atoms with E-state index in [-0.39, 0.29) is 33.7 Å². The number of aromatic nitrogens is 4. The van der Waals surface area contributed by atoms with Crippen LogP contribution in [0.5, 0.6) is 5.88 Å². The third kappa shape index (κ3) is 3.05. The molecule has 3 rings (SSSR count). The molecule has 0 bridgehead atoms. The Labute approximate surface area is 139 Å². The van der Waals surface area contributed by atoms with Gasteiger partial charge in [0, 0.05) is 13.2 Å². The SMILES string of the molecule is Cn1c(-c2ccccc2F)nnc1-c1cc(Cl)cnc1OC(F)F. The average Bonchev–Trinajstić information content (AvgIpc) is 2.91. The van der Waals surface area contributed by atoms with Gasteiger partial charge in [0.25, 0.3) is 0 Å². The molecule has 3 aromatic rings. The zero-order valence-corrected chi connectivity index (χ0v) is 13.0. The minimum atomic E-state index is -3.06. The highest BCUT2D eigenvalue weighted by atomic mass is 35.5. The van der Waals surface area contributed by atoms with Crippen LogP contribution in [-0.4, -0.2) is 26.4 Å². The van der Waals surface area contributed by atoms with E-state index in [2.05, 4.69) is 19.9 Å². The number of benzene rings is 1. The van der Waals surface area contributed by atoms with Gasteiger partial charge in [-0.25, -0.2) is 9.37 Å². The molecule has 0 amide bonds. The molecule has 0 fully saturated rings. The predicted molar refractivity (Wildman–Crippen MR) is 81.3 cm³/mol. The number of pyridine rings is 1. The smallest absolute Gasteiger partial charge is 0.388 e. The van der Waals surface area contributed by atoms with Gasteiger partial charge in [0.15, 0.2) is 11.6 Å². The Morgan fingerprint density at radius 1 is 1.12 bits per heavy atom. The summed E-state index contributed by atoms with van der Waals surface area (Å²) in [4.78, 5) is 3.75. The molecule has 9 heteroatoms. The number of halogens is 4. The van der Waals surface area contributed by atoms with Gasteiger partial charge in [-0.2, -0.15) is 8.78 Å². The lowest BCUT2D eigenvalue weighted by Gasteiger charge is -2.10. The lowest BCUT2D eigenvalue weighted by atomic mass is 10.2. The second-order valence-electron chi connectivity index (χ2n) is 4.77. The molecule has 124 valence electrons. The third-order valence-corrected chi connectivity index (χ3v) is 3.46. The van der Waals surface area contributed by atoms with E-state index in [0.29, 0.717) is 0 Å². The van der Waals surface area contributed by atoms with E-state index < -0.39 is 12.4 Å². The Kier molecular flexibility index (Phi) is 4.39. The van der Waals surface area contributed by atoms with Crippen LogP contribution in [0.3, 0.4) is 0 Å². The van der Waals surface area contributed by atoms with Crippen LogP contribution in [0.25, 0.3) is 22.8 Å². The first-order valence-electron chi connectivity index (χ1n) is 6.72. The van der Waals surface area contributed by atoms with Crippen molar-refractivity contribution in [1.82, 2.24) is 19.7 Å². The van der Waals surface area contributed by atoms with E-state index in [1.165, 1.54) is 29.0 Å². The van der Waals surface area contributed by atoms with Crippen molar-refractivity contribution in [3.8, 4) is 28.7 Å². The van der Waals surface area contributed by atoms with E-state index in [4.69, 9.17) is 11.6 Å². The highest BCUT2D eigenvalue weighted by Gasteiger charge is 2.21. The van der Waals surface area contributed by atoms with Crippen molar-refractivity contribution in [3.63, 3.8) is 0 Å². The summed E-state index contributed by atoms with van der Waals surface area (Å²) in [6.07, 6.45) is 1.18. The second kappa shape index (κ2) is 6.48. The van der Waals surface area contributed by atoms with E-state index in [1.54, 1.807) is 19.2 Å². The van der Waals surface area contributed by atoms with Gasteiger partial charge in [0.05, 0.1) is 16.1 Å². The summed E-state index contributed by atoms with van der Waals surface area (Å²) in [7, 11) is 1.57. The van der Waals surface area contributed by atoms with Crippen LogP contribution < -0.4 is 4.74 Å². The minimum Gasteiger partial charge on any atom is -0.416 e. The lowest BCUT2D eigenvalue weighted by Crippen LogP contribution is -2.06. The van der Waals surface area contributed by atoms with Gasteiger partial charge in [0.2, 0.25) is 5.88 Å². The minimum absolute atomic E-state index is 0.125. The van der Waals surface area contributed by atoms with Gasteiger partial charge in [-0.3, -0.25) is 0 Å². The summed E-state index contributed by atoms with van der Waals surface area (Å²) < 4.78 is 44.9. The summed E-state index contributed by atoms with van der Waals surface area (Å²) in [5.41, 5.74) is 0.352. The Bertz CT molecular complexity index is 885. The number of nitrogens with zero attached hydrogens (tertiary/aromatic N) is 4. The summed E-state index contributed by atoms with van der Waals surface area (Å²) in [6.45, 7) is -3.06. The fourth-order valence-electron chi connectivity index (χ4n) is 2.21. The Balaban J connectivity index is 2.12. The Morgan fingerprint density at radius 3 is 2.46 bits per heavy atom. The van der Waals surface area contributed by atoms with Crippen LogP contribution in [0.4, 0.5) is 13.2 Å². The maximum Gasteiger partial charge on any atom is 0.388 e. The number of ether oxygens (including phenoxy) is 1. The molecule has 2 heterocycles. The first-order valence-corrected chi connectivity index (χ1v) is 7.10. The van der Waals surface area contributed by atoms with E-state index in [9.17, 15) is 13.2 Å². The molecule has 0 unspecified atom stereocenters. The van der Waals surface area contributed by atoms with Crippen molar-refractivity contribution >= 4 is 11.6 Å². The fourth-order valence-corrected chi connectivity index (χ4v) is 2.36. The van der Waals surface area contributed by atoms with Crippen LogP contribution in [-0.2, 0) is 7.05 Å². The highest BCUT2D eigenvalue weighted by molar-refractivity contribution is 6.30. The summed E-state index contributed by atoms with van der Waals surface area (Å²) in [5.74, 6) is -0.428. The molecule has 5 nitrogen and oxygen atoms in total. The fraction of sp³-hybridized carbons (Fsp3) is 0.133. The van der Waals surface area contributed by atoms with Gasteiger partial charge >= 0.3 is 6.61 Å². The van der Waals surface area contributed by atoms with Crippen LogP contribution >= 0.6 is 11.6 Å². The monoisotopic (exact) mass is 354 g/mol. The van der Waals surface area contributed by atoms with Gasteiger partial charge < -0.3 is 9.30 Å². The van der Waals surface area contributed by atoms with Crippen molar-refractivity contribution in [2.45, 2.75) is 6.61 Å². The first kappa shape index (κ1) is 16.3. The molecule has 0 aliphatic heterocycles. The number of alkyl halides is 2. The maximum absolute atomic E-state index is 13.9. The second-order valence-corrected chi connectivity index (χ2v) is 5.21. The van der Waals surface area contributed by atoms with Crippen molar-refractivity contribution in [2.75, 3.05) is 0 Å². The van der Waals surface area contributed by atoms with Crippen LogP contribution in [0.1, 0.15) is 0 Å². The zero-order valence-electron chi connectivity index (χ0n) is 12.3. The van der Waals surface area contributed by atoms with Crippen molar-refractivity contribution in [1.29, 1.82) is 0 Å². The van der Waals surface area contributed by atoms with E-state index in [1.807, 2.05) is 0 Å². The molecular weight excluding hydrogens is 345 g/mol. The molecule has 0 spiro atoms. The number of hydrogen-bond acceptors (Lipinski definition) is 4. The zero-order chi connectivity index (χ0) is 17.3. The van der Waals surface area contributed by atoms with Crippen molar-refractivity contribution in [3.05, 3.63) is 47.4 Å². The van der Waals surface area contributed by atoms with Crippen LogP contribution in [0.2, 0.25) is 5.02 Å². The third-order valence-electron chi connectivity index (χ3n) is 3.25. The number of hydrogen-bond donors (Lipinski definition) is 0. The molecule has 0 saturated carbocycles. The normalized spacial score (nSPS) is 11.1. The highest BCUT2D eigenvalue weighted by Crippen LogP contribution is 2.32. The standard InChI is InChI=1S/C15H10ClF3N4O/c1-23-12(9-4-2-3-5-11(9)17)21-22-13(23)10-6-8(16)7-20-14(10)24-15(18)19/h2-7,15H,1H3. The van der Waals surface area contributed by atoms with Gasteiger partial charge in [0.1, 0.15) is 5.82 Å². The molecule has 0 aliphatic rings. The molecule has 0 atom stereocenters. The first-order chi connectivity index (χ1) is 11.5. The molecule has 0 aliphatic carbocycles. The lowest BCUT2D eigenvalue weighted by molar-refractivity contribution is -0.0524. The summed E-state index contributed by atoms with van der Waals surface area (Å²) in [5, 5.41) is 8.08. The predicted octanol–water partition coefficient (Wildman–Crippen LogP) is 3.94. The molecule has 0 radical (unpaired) electrons. The van der Waals surface area contributed by atoms with Crippen LogP contribution in [0, 0.1) is 5.82 Å². The quantitative estimate of drug-likeness (QED) is 0.712. The topological polar surface area (TPSA) is 52.8 Å². The molecular formula is C15H10ClF3N4O. The summed E-state index contributed by atoms with van der Waals surface area (Å²) in [6, 6.07) is 7.40. The largest absolute Gasteiger partial charge is 0.416 e. The van der Waals surface area contributed by atoms with Gasteiger partial charge in [-0.15, -0.1) is 10.2 Å². The molecule has 2 aromatic heterocycles. The van der Waals surface area contributed by atoms with Gasteiger partial charge in [-0.1, -0.05) is 23.7 Å².